The highest BCUT2D eigenvalue weighted by Gasteiger charge is 2.31. The van der Waals surface area contributed by atoms with Crippen molar-refractivity contribution in [2.45, 2.75) is 83.5 Å². The van der Waals surface area contributed by atoms with Gasteiger partial charge in [0, 0.05) is 0 Å². The Kier molecular flexibility index (Phi) is 6.58. The second-order valence-corrected chi connectivity index (χ2v) is 8.35. The van der Waals surface area contributed by atoms with Gasteiger partial charge >= 0.3 is 0 Å². The number of allylic oxidation sites excluding steroid dienone is 1. The molecule has 0 spiro atoms. The van der Waals surface area contributed by atoms with Crippen molar-refractivity contribution < 1.29 is 0 Å². The van der Waals surface area contributed by atoms with Gasteiger partial charge in [0.05, 0.1) is 0 Å². The third kappa shape index (κ3) is 4.52. The SMILES string of the molecule is C=CCCC1CCC(C2CCC(c3ccc(CC)cc3)CC2)CC1. The topological polar surface area (TPSA) is 0 Å². The van der Waals surface area contributed by atoms with E-state index in [4.69, 9.17) is 0 Å². The fraction of sp³-hybridized carbons (Fsp3) is 0.667. The summed E-state index contributed by atoms with van der Waals surface area (Å²) in [5, 5.41) is 0. The Balaban J connectivity index is 1.44. The fourth-order valence-corrected chi connectivity index (χ4v) is 5.25. The zero-order chi connectivity index (χ0) is 16.8. The number of hydrogen-bond acceptors (Lipinski definition) is 0. The Morgan fingerprint density at radius 2 is 1.46 bits per heavy atom. The molecule has 0 nitrogen and oxygen atoms in total. The standard InChI is InChI=1S/C24H36/c1-3-5-6-20-9-13-22(14-10-20)24-17-15-23(16-18-24)21-11-7-19(4-2)8-12-21/h3,7-8,11-12,20,22-24H,1,4-6,9-10,13-18H2,2H3. The molecule has 2 aliphatic carbocycles. The summed E-state index contributed by atoms with van der Waals surface area (Å²) < 4.78 is 0. The van der Waals surface area contributed by atoms with Crippen LogP contribution in [-0.4, -0.2) is 0 Å². The highest BCUT2D eigenvalue weighted by molar-refractivity contribution is 5.25. The van der Waals surface area contributed by atoms with Crippen LogP contribution in [0.25, 0.3) is 0 Å². The Bertz CT molecular complexity index is 481. The maximum Gasteiger partial charge on any atom is -0.0162 e. The molecule has 0 bridgehead atoms. The summed E-state index contributed by atoms with van der Waals surface area (Å²) in [7, 11) is 0. The van der Waals surface area contributed by atoms with Crippen LogP contribution >= 0.6 is 0 Å². The lowest BCUT2D eigenvalue weighted by atomic mass is 9.68. The third-order valence-electron chi connectivity index (χ3n) is 6.97. The predicted molar refractivity (Wildman–Crippen MR) is 105 cm³/mol. The van der Waals surface area contributed by atoms with E-state index in [1.807, 2.05) is 0 Å². The number of benzene rings is 1. The first kappa shape index (κ1) is 17.8. The molecule has 2 saturated carbocycles. The van der Waals surface area contributed by atoms with Crippen molar-refractivity contribution in [2.24, 2.45) is 17.8 Å². The van der Waals surface area contributed by atoms with Crippen LogP contribution in [0.1, 0.15) is 88.2 Å². The van der Waals surface area contributed by atoms with Gasteiger partial charge in [0.2, 0.25) is 0 Å². The first-order valence-electron chi connectivity index (χ1n) is 10.5. The summed E-state index contributed by atoms with van der Waals surface area (Å²) in [6.07, 6.45) is 17.6. The fourth-order valence-electron chi connectivity index (χ4n) is 5.25. The van der Waals surface area contributed by atoms with E-state index in [1.165, 1.54) is 69.8 Å². The number of aryl methyl sites for hydroxylation is 1. The minimum atomic E-state index is 0.830. The Labute approximate surface area is 149 Å². The van der Waals surface area contributed by atoms with Crippen LogP contribution in [0.5, 0.6) is 0 Å². The van der Waals surface area contributed by atoms with E-state index in [1.54, 1.807) is 5.56 Å². The zero-order valence-electron chi connectivity index (χ0n) is 15.7. The first-order valence-corrected chi connectivity index (χ1v) is 10.5. The lowest BCUT2D eigenvalue weighted by Gasteiger charge is -2.38. The van der Waals surface area contributed by atoms with E-state index < -0.39 is 0 Å². The number of hydrogen-bond donors (Lipinski definition) is 0. The quantitative estimate of drug-likeness (QED) is 0.482. The van der Waals surface area contributed by atoms with Gasteiger partial charge in [0.1, 0.15) is 0 Å². The zero-order valence-corrected chi connectivity index (χ0v) is 15.7. The van der Waals surface area contributed by atoms with Crippen LogP contribution in [0.15, 0.2) is 36.9 Å². The molecule has 2 aliphatic rings. The molecule has 0 heteroatoms. The van der Waals surface area contributed by atoms with E-state index in [-0.39, 0.29) is 0 Å². The molecule has 24 heavy (non-hydrogen) atoms. The minimum absolute atomic E-state index is 0.830. The van der Waals surface area contributed by atoms with Gasteiger partial charge in [-0.2, -0.15) is 0 Å². The van der Waals surface area contributed by atoms with Crippen LogP contribution in [-0.2, 0) is 6.42 Å². The molecule has 0 amide bonds. The van der Waals surface area contributed by atoms with E-state index in [9.17, 15) is 0 Å². The summed E-state index contributed by atoms with van der Waals surface area (Å²) in [5.74, 6) is 3.88. The molecule has 0 aromatic heterocycles. The molecule has 132 valence electrons. The number of rotatable bonds is 6. The molecule has 0 atom stereocenters. The summed E-state index contributed by atoms with van der Waals surface area (Å²) in [5.41, 5.74) is 3.07. The second kappa shape index (κ2) is 8.88. The van der Waals surface area contributed by atoms with Gasteiger partial charge in [-0.3, -0.25) is 0 Å². The van der Waals surface area contributed by atoms with Crippen LogP contribution in [0, 0.1) is 17.8 Å². The molecular formula is C24H36. The normalized spacial score (nSPS) is 30.9. The van der Waals surface area contributed by atoms with Crippen molar-refractivity contribution >= 4 is 0 Å². The van der Waals surface area contributed by atoms with E-state index in [2.05, 4.69) is 43.8 Å². The summed E-state index contributed by atoms with van der Waals surface area (Å²) >= 11 is 0. The maximum atomic E-state index is 3.88. The van der Waals surface area contributed by atoms with Gasteiger partial charge in [-0.15, -0.1) is 6.58 Å². The lowest BCUT2D eigenvalue weighted by molar-refractivity contribution is 0.157. The van der Waals surface area contributed by atoms with Crippen molar-refractivity contribution in [3.8, 4) is 0 Å². The highest BCUT2D eigenvalue weighted by atomic mass is 14.4. The van der Waals surface area contributed by atoms with E-state index in [0.29, 0.717) is 0 Å². The van der Waals surface area contributed by atoms with Gasteiger partial charge < -0.3 is 0 Å². The summed E-state index contributed by atoms with van der Waals surface area (Å²) in [4.78, 5) is 0. The molecule has 3 rings (SSSR count). The first-order chi connectivity index (χ1) is 11.8. The molecule has 0 saturated heterocycles. The highest BCUT2D eigenvalue weighted by Crippen LogP contribution is 2.44. The van der Waals surface area contributed by atoms with Crippen molar-refractivity contribution in [1.29, 1.82) is 0 Å². The molecule has 0 aliphatic heterocycles. The average molecular weight is 325 g/mol. The smallest absolute Gasteiger partial charge is 0.0162 e. The van der Waals surface area contributed by atoms with E-state index >= 15 is 0 Å². The molecule has 0 unspecified atom stereocenters. The van der Waals surface area contributed by atoms with Crippen LogP contribution in [0.2, 0.25) is 0 Å². The van der Waals surface area contributed by atoms with Gasteiger partial charge in [0.25, 0.3) is 0 Å². The molecule has 0 radical (unpaired) electrons. The Morgan fingerprint density at radius 3 is 2.00 bits per heavy atom. The van der Waals surface area contributed by atoms with Gasteiger partial charge in [-0.1, -0.05) is 50.1 Å². The molecule has 0 heterocycles. The van der Waals surface area contributed by atoms with Crippen LogP contribution in [0.4, 0.5) is 0 Å². The van der Waals surface area contributed by atoms with Crippen molar-refractivity contribution in [3.63, 3.8) is 0 Å². The third-order valence-corrected chi connectivity index (χ3v) is 6.97. The second-order valence-electron chi connectivity index (χ2n) is 8.35. The largest absolute Gasteiger partial charge is 0.103 e. The Hall–Kier alpha value is -1.04. The molecular weight excluding hydrogens is 288 g/mol. The predicted octanol–water partition coefficient (Wildman–Crippen LogP) is 7.30. The maximum absolute atomic E-state index is 3.88. The molecule has 2 fully saturated rings. The average Bonchev–Trinajstić information content (AvgIpc) is 2.67. The molecule has 1 aromatic rings. The van der Waals surface area contributed by atoms with Crippen molar-refractivity contribution in [1.82, 2.24) is 0 Å². The minimum Gasteiger partial charge on any atom is -0.103 e. The summed E-state index contributed by atoms with van der Waals surface area (Å²) in [6, 6.07) is 9.47. The molecule has 0 N–H and O–H groups in total. The van der Waals surface area contributed by atoms with Crippen LogP contribution < -0.4 is 0 Å². The monoisotopic (exact) mass is 324 g/mol. The summed E-state index contributed by atoms with van der Waals surface area (Å²) in [6.45, 7) is 6.12. The van der Waals surface area contributed by atoms with E-state index in [0.717, 1.165) is 30.1 Å². The lowest BCUT2D eigenvalue weighted by Crippen LogP contribution is -2.25. The van der Waals surface area contributed by atoms with Crippen molar-refractivity contribution in [2.75, 3.05) is 0 Å². The van der Waals surface area contributed by atoms with Gasteiger partial charge in [-0.05, 0) is 92.6 Å². The Morgan fingerprint density at radius 1 is 0.875 bits per heavy atom. The van der Waals surface area contributed by atoms with Gasteiger partial charge in [0.15, 0.2) is 0 Å². The van der Waals surface area contributed by atoms with Crippen LogP contribution in [0.3, 0.4) is 0 Å². The molecule has 1 aromatic carbocycles. The van der Waals surface area contributed by atoms with Crippen molar-refractivity contribution in [3.05, 3.63) is 48.0 Å². The van der Waals surface area contributed by atoms with Gasteiger partial charge in [-0.25, -0.2) is 0 Å².